The Balaban J connectivity index is 1.47. The third-order valence-corrected chi connectivity index (χ3v) is 2.58. The molecule has 84 valence electrons. The molecule has 2 N–H and O–H groups in total. The monoisotopic (exact) mass is 209 g/mol. The minimum atomic E-state index is 0.770. The molecule has 1 fully saturated rings. The zero-order chi connectivity index (χ0) is 10.5. The number of hydrogen-bond donors (Lipinski definition) is 2. The number of nitrogens with one attached hydrogen (secondary N) is 2. The molecule has 0 aromatic carbocycles. The normalized spacial score (nSPS) is 15.8. The van der Waals surface area contributed by atoms with Crippen LogP contribution in [-0.4, -0.2) is 24.8 Å². The quantitative estimate of drug-likeness (QED) is 0.660. The van der Waals surface area contributed by atoms with Gasteiger partial charge in [0.1, 0.15) is 0 Å². The fraction of sp³-hybridized carbons (Fsp3) is 0.727. The van der Waals surface area contributed by atoms with Crippen molar-refractivity contribution in [1.82, 2.24) is 15.8 Å². The number of hydrogen-bond acceptors (Lipinski definition) is 4. The lowest BCUT2D eigenvalue weighted by Gasteiger charge is -2.03. The summed E-state index contributed by atoms with van der Waals surface area (Å²) in [6.07, 6.45) is 2.83. The third kappa shape index (κ3) is 4.01. The molecule has 2 rings (SSSR count). The van der Waals surface area contributed by atoms with Crippen LogP contribution in [0.4, 0.5) is 0 Å². The zero-order valence-corrected chi connectivity index (χ0v) is 9.25. The minimum absolute atomic E-state index is 0.770. The highest BCUT2D eigenvalue weighted by atomic mass is 16.5. The van der Waals surface area contributed by atoms with Crippen molar-refractivity contribution in [1.29, 1.82) is 0 Å². The maximum atomic E-state index is 5.09. The van der Waals surface area contributed by atoms with Crippen LogP contribution in [0.5, 0.6) is 0 Å². The molecule has 0 bridgehead atoms. The molecule has 1 aliphatic carbocycles. The molecular weight excluding hydrogens is 190 g/mol. The lowest BCUT2D eigenvalue weighted by molar-refractivity contribution is 0.369. The van der Waals surface area contributed by atoms with Gasteiger partial charge >= 0.3 is 0 Å². The fourth-order valence-electron chi connectivity index (χ4n) is 1.52. The van der Waals surface area contributed by atoms with Crippen molar-refractivity contribution < 1.29 is 4.52 Å². The molecule has 0 radical (unpaired) electrons. The van der Waals surface area contributed by atoms with E-state index in [1.165, 1.54) is 19.4 Å². The fourth-order valence-corrected chi connectivity index (χ4v) is 1.52. The molecule has 0 unspecified atom stereocenters. The summed E-state index contributed by atoms with van der Waals surface area (Å²) in [4.78, 5) is 0. The molecule has 4 heteroatoms. The Kier molecular flexibility index (Phi) is 3.75. The maximum absolute atomic E-state index is 5.09. The Morgan fingerprint density at radius 2 is 2.20 bits per heavy atom. The van der Waals surface area contributed by atoms with E-state index in [4.69, 9.17) is 4.52 Å². The van der Waals surface area contributed by atoms with Gasteiger partial charge in [-0.3, -0.25) is 0 Å². The first-order valence-corrected chi connectivity index (χ1v) is 5.68. The SMILES string of the molecule is Cc1cc(CNCCNCC2CC2)on1. The second-order valence-electron chi connectivity index (χ2n) is 4.26. The van der Waals surface area contributed by atoms with Gasteiger partial charge in [-0.05, 0) is 32.2 Å². The Morgan fingerprint density at radius 1 is 1.40 bits per heavy atom. The summed E-state index contributed by atoms with van der Waals surface area (Å²) in [5, 5.41) is 10.6. The van der Waals surface area contributed by atoms with Gasteiger partial charge in [0, 0.05) is 19.2 Å². The number of rotatable bonds is 7. The van der Waals surface area contributed by atoms with Crippen LogP contribution in [0, 0.1) is 12.8 Å². The Labute approximate surface area is 90.4 Å². The molecule has 0 atom stereocenters. The van der Waals surface area contributed by atoms with Crippen LogP contribution in [0.3, 0.4) is 0 Å². The van der Waals surface area contributed by atoms with Crippen molar-refractivity contribution in [3.8, 4) is 0 Å². The first-order valence-electron chi connectivity index (χ1n) is 5.68. The van der Waals surface area contributed by atoms with Gasteiger partial charge < -0.3 is 15.2 Å². The number of aryl methyl sites for hydroxylation is 1. The van der Waals surface area contributed by atoms with Crippen LogP contribution >= 0.6 is 0 Å². The van der Waals surface area contributed by atoms with E-state index in [1.807, 2.05) is 13.0 Å². The summed E-state index contributed by atoms with van der Waals surface area (Å²) in [5.41, 5.74) is 0.943. The Hall–Kier alpha value is -0.870. The first kappa shape index (κ1) is 10.6. The molecule has 0 saturated heterocycles. The van der Waals surface area contributed by atoms with Gasteiger partial charge in [-0.15, -0.1) is 0 Å². The van der Waals surface area contributed by atoms with Gasteiger partial charge in [-0.25, -0.2) is 0 Å². The average Bonchev–Trinajstić information content (AvgIpc) is 2.95. The molecule has 1 saturated carbocycles. The second kappa shape index (κ2) is 5.28. The predicted octanol–water partition coefficient (Wildman–Crippen LogP) is 1.07. The van der Waals surface area contributed by atoms with Crippen LogP contribution in [0.1, 0.15) is 24.3 Å². The topological polar surface area (TPSA) is 50.1 Å². The standard InChI is InChI=1S/C11H19N3O/c1-9-6-11(15-14-9)8-13-5-4-12-7-10-2-3-10/h6,10,12-13H,2-5,7-8H2,1H3. The van der Waals surface area contributed by atoms with E-state index in [2.05, 4.69) is 15.8 Å². The maximum Gasteiger partial charge on any atom is 0.150 e. The van der Waals surface area contributed by atoms with Gasteiger partial charge in [0.2, 0.25) is 0 Å². The largest absolute Gasteiger partial charge is 0.360 e. The van der Waals surface area contributed by atoms with Crippen molar-refractivity contribution in [3.63, 3.8) is 0 Å². The van der Waals surface area contributed by atoms with Crippen LogP contribution in [0.15, 0.2) is 10.6 Å². The van der Waals surface area contributed by atoms with E-state index in [9.17, 15) is 0 Å². The summed E-state index contributed by atoms with van der Waals surface area (Å²) in [6, 6.07) is 1.96. The average molecular weight is 209 g/mol. The Morgan fingerprint density at radius 3 is 2.87 bits per heavy atom. The van der Waals surface area contributed by atoms with Crippen LogP contribution in [-0.2, 0) is 6.54 Å². The Bertz CT molecular complexity index is 294. The molecule has 0 amide bonds. The number of aromatic nitrogens is 1. The van der Waals surface area contributed by atoms with Gasteiger partial charge in [0.05, 0.1) is 12.2 Å². The van der Waals surface area contributed by atoms with Gasteiger partial charge in [0.15, 0.2) is 5.76 Å². The summed E-state index contributed by atoms with van der Waals surface area (Å²) >= 11 is 0. The van der Waals surface area contributed by atoms with E-state index in [1.54, 1.807) is 0 Å². The van der Waals surface area contributed by atoms with Crippen molar-refractivity contribution in [2.75, 3.05) is 19.6 Å². The van der Waals surface area contributed by atoms with Crippen LogP contribution < -0.4 is 10.6 Å². The molecule has 4 nitrogen and oxygen atoms in total. The van der Waals surface area contributed by atoms with Gasteiger partial charge in [-0.1, -0.05) is 5.16 Å². The highest BCUT2D eigenvalue weighted by molar-refractivity contribution is 5.02. The highest BCUT2D eigenvalue weighted by Crippen LogP contribution is 2.27. The van der Waals surface area contributed by atoms with Crippen LogP contribution in [0.25, 0.3) is 0 Å². The molecule has 1 aromatic rings. The van der Waals surface area contributed by atoms with Crippen molar-refractivity contribution in [3.05, 3.63) is 17.5 Å². The third-order valence-electron chi connectivity index (χ3n) is 2.58. The summed E-state index contributed by atoms with van der Waals surface area (Å²) in [7, 11) is 0. The predicted molar refractivity (Wildman–Crippen MR) is 58.5 cm³/mol. The van der Waals surface area contributed by atoms with Crippen molar-refractivity contribution in [2.24, 2.45) is 5.92 Å². The zero-order valence-electron chi connectivity index (χ0n) is 9.25. The van der Waals surface area contributed by atoms with Gasteiger partial charge in [-0.2, -0.15) is 0 Å². The van der Waals surface area contributed by atoms with E-state index < -0.39 is 0 Å². The minimum Gasteiger partial charge on any atom is -0.360 e. The molecule has 0 spiro atoms. The summed E-state index contributed by atoms with van der Waals surface area (Å²) < 4.78 is 5.09. The van der Waals surface area contributed by atoms with Crippen molar-refractivity contribution in [2.45, 2.75) is 26.3 Å². The summed E-state index contributed by atoms with van der Waals surface area (Å²) in [5.74, 6) is 1.87. The molecule has 1 aliphatic rings. The molecule has 1 heterocycles. The van der Waals surface area contributed by atoms with E-state index in [0.29, 0.717) is 0 Å². The number of nitrogens with zero attached hydrogens (tertiary/aromatic N) is 1. The smallest absolute Gasteiger partial charge is 0.150 e. The molecule has 0 aliphatic heterocycles. The van der Waals surface area contributed by atoms with E-state index in [-0.39, 0.29) is 0 Å². The lowest BCUT2D eigenvalue weighted by atomic mass is 10.4. The molecule has 15 heavy (non-hydrogen) atoms. The van der Waals surface area contributed by atoms with Crippen molar-refractivity contribution >= 4 is 0 Å². The molecular formula is C11H19N3O. The van der Waals surface area contributed by atoms with Crippen LogP contribution in [0.2, 0.25) is 0 Å². The highest BCUT2D eigenvalue weighted by Gasteiger charge is 2.19. The molecule has 1 aromatic heterocycles. The van der Waals surface area contributed by atoms with E-state index >= 15 is 0 Å². The lowest BCUT2D eigenvalue weighted by Crippen LogP contribution is -2.28. The first-order chi connectivity index (χ1) is 7.34. The van der Waals surface area contributed by atoms with E-state index in [0.717, 1.165) is 37.0 Å². The summed E-state index contributed by atoms with van der Waals surface area (Å²) in [6.45, 7) is 5.90. The second-order valence-corrected chi connectivity index (χ2v) is 4.26. The van der Waals surface area contributed by atoms with Gasteiger partial charge in [0.25, 0.3) is 0 Å².